The van der Waals surface area contributed by atoms with Crippen molar-refractivity contribution < 1.29 is 13.9 Å². The average Bonchev–Trinajstić information content (AvgIpc) is 2.31. The monoisotopic (exact) mass is 237 g/mol. The van der Waals surface area contributed by atoms with Crippen molar-refractivity contribution >= 4 is 10.9 Å². The van der Waals surface area contributed by atoms with Crippen LogP contribution in [-0.4, -0.2) is 18.7 Å². The Bertz CT molecular complexity index is 606. The van der Waals surface area contributed by atoms with Gasteiger partial charge in [-0.25, -0.2) is 4.39 Å². The maximum absolute atomic E-state index is 13.9. The molecule has 0 unspecified atom stereocenters. The maximum Gasteiger partial charge on any atom is 0.195 e. The summed E-state index contributed by atoms with van der Waals surface area (Å²) in [7, 11) is 1.37. The predicted molar refractivity (Wildman–Crippen MR) is 62.2 cm³/mol. The lowest BCUT2D eigenvalue weighted by Crippen LogP contribution is -2.06. The fourth-order valence-electron chi connectivity index (χ4n) is 1.63. The van der Waals surface area contributed by atoms with Gasteiger partial charge in [0, 0.05) is 11.5 Å². The molecule has 0 saturated heterocycles. The summed E-state index contributed by atoms with van der Waals surface area (Å²) in [6.45, 7) is 2.18. The lowest BCUT2D eigenvalue weighted by Gasteiger charge is -2.07. The fraction of sp³-hybridized carbons (Fsp3) is 0.250. The quantitative estimate of drug-likeness (QED) is 0.889. The van der Waals surface area contributed by atoms with Crippen LogP contribution in [-0.2, 0) is 0 Å². The van der Waals surface area contributed by atoms with Crippen molar-refractivity contribution in [1.82, 2.24) is 4.98 Å². The van der Waals surface area contributed by atoms with E-state index in [4.69, 9.17) is 9.47 Å². The van der Waals surface area contributed by atoms with Crippen LogP contribution in [0.2, 0.25) is 0 Å². The van der Waals surface area contributed by atoms with Crippen molar-refractivity contribution in [2.45, 2.75) is 6.92 Å². The standard InChI is InChI=1S/C12H12FNO3/c1-3-17-10-6-8(15)7-4-5-9(16-2)11(13)12(7)14-10/h4-6H,3H2,1-2H3,(H,14,15). The molecule has 0 saturated carbocycles. The Labute approximate surface area is 97.0 Å². The third kappa shape index (κ3) is 1.95. The number of halogens is 1. The van der Waals surface area contributed by atoms with Gasteiger partial charge in [0.15, 0.2) is 22.9 Å². The number of aromatic nitrogens is 1. The summed E-state index contributed by atoms with van der Waals surface area (Å²) in [5.74, 6) is -0.261. The summed E-state index contributed by atoms with van der Waals surface area (Å²) >= 11 is 0. The summed E-state index contributed by atoms with van der Waals surface area (Å²) in [6, 6.07) is 4.25. The van der Waals surface area contributed by atoms with E-state index in [9.17, 15) is 9.18 Å². The number of methoxy groups -OCH3 is 1. The molecule has 5 heteroatoms. The second-order valence-corrected chi connectivity index (χ2v) is 3.44. The van der Waals surface area contributed by atoms with Crippen LogP contribution < -0.4 is 14.9 Å². The molecule has 0 atom stereocenters. The Kier molecular flexibility index (Phi) is 2.99. The van der Waals surface area contributed by atoms with Gasteiger partial charge in [0.25, 0.3) is 0 Å². The van der Waals surface area contributed by atoms with Crippen molar-refractivity contribution in [3.63, 3.8) is 0 Å². The van der Waals surface area contributed by atoms with E-state index >= 15 is 0 Å². The SMILES string of the molecule is CCOc1cc(=O)c2ccc(OC)c(F)c2[nH]1. The number of hydrogen-bond donors (Lipinski definition) is 1. The van der Waals surface area contributed by atoms with Crippen molar-refractivity contribution in [2.75, 3.05) is 13.7 Å². The summed E-state index contributed by atoms with van der Waals surface area (Å²) in [6.07, 6.45) is 0. The molecule has 1 heterocycles. The molecule has 0 aliphatic carbocycles. The average molecular weight is 237 g/mol. The van der Waals surface area contributed by atoms with E-state index in [1.165, 1.54) is 25.3 Å². The van der Waals surface area contributed by atoms with Crippen LogP contribution in [0.5, 0.6) is 11.6 Å². The van der Waals surface area contributed by atoms with Gasteiger partial charge >= 0.3 is 0 Å². The molecule has 4 nitrogen and oxygen atoms in total. The highest BCUT2D eigenvalue weighted by Crippen LogP contribution is 2.24. The first-order chi connectivity index (χ1) is 8.17. The Balaban J connectivity index is 2.74. The van der Waals surface area contributed by atoms with Gasteiger partial charge in [0.1, 0.15) is 0 Å². The summed E-state index contributed by atoms with van der Waals surface area (Å²) in [5.41, 5.74) is -0.191. The van der Waals surface area contributed by atoms with Gasteiger partial charge in [-0.3, -0.25) is 4.79 Å². The number of ether oxygens (including phenoxy) is 2. The molecule has 1 N–H and O–H groups in total. The first kappa shape index (κ1) is 11.4. The largest absolute Gasteiger partial charge is 0.494 e. The number of benzene rings is 1. The van der Waals surface area contributed by atoms with Crippen molar-refractivity contribution in [1.29, 1.82) is 0 Å². The van der Waals surface area contributed by atoms with E-state index in [0.29, 0.717) is 6.61 Å². The molecule has 90 valence electrons. The topological polar surface area (TPSA) is 51.3 Å². The van der Waals surface area contributed by atoms with E-state index < -0.39 is 5.82 Å². The number of rotatable bonds is 3. The number of aromatic amines is 1. The van der Waals surface area contributed by atoms with Gasteiger partial charge in [-0.15, -0.1) is 0 Å². The van der Waals surface area contributed by atoms with E-state index in [2.05, 4.69) is 4.98 Å². The minimum atomic E-state index is -0.594. The van der Waals surface area contributed by atoms with Crippen LogP contribution >= 0.6 is 0 Å². The Morgan fingerprint density at radius 3 is 2.82 bits per heavy atom. The maximum atomic E-state index is 13.9. The number of nitrogens with one attached hydrogen (secondary N) is 1. The molecule has 1 aromatic heterocycles. The lowest BCUT2D eigenvalue weighted by molar-refractivity contribution is 0.327. The zero-order valence-electron chi connectivity index (χ0n) is 9.54. The first-order valence-corrected chi connectivity index (χ1v) is 5.19. The molecule has 2 rings (SSSR count). The molecule has 0 aliphatic rings. The van der Waals surface area contributed by atoms with Gasteiger partial charge in [0.05, 0.1) is 19.2 Å². The van der Waals surface area contributed by atoms with Gasteiger partial charge in [-0.2, -0.15) is 0 Å². The molecular weight excluding hydrogens is 225 g/mol. The van der Waals surface area contributed by atoms with Gasteiger partial charge in [-0.05, 0) is 19.1 Å². The van der Waals surface area contributed by atoms with Gasteiger partial charge in [0.2, 0.25) is 0 Å². The van der Waals surface area contributed by atoms with Crippen molar-refractivity contribution in [3.8, 4) is 11.6 Å². The number of pyridine rings is 1. The van der Waals surface area contributed by atoms with E-state index in [0.717, 1.165) is 0 Å². The van der Waals surface area contributed by atoms with Crippen LogP contribution in [0.25, 0.3) is 10.9 Å². The molecular formula is C12H12FNO3. The predicted octanol–water partition coefficient (Wildman–Crippen LogP) is 2.07. The minimum absolute atomic E-state index is 0.0850. The molecule has 2 aromatic rings. The molecule has 0 bridgehead atoms. The molecule has 0 amide bonds. The molecule has 0 fully saturated rings. The molecule has 0 spiro atoms. The van der Waals surface area contributed by atoms with Gasteiger partial charge < -0.3 is 14.5 Å². The van der Waals surface area contributed by atoms with Crippen molar-refractivity contribution in [2.24, 2.45) is 0 Å². The zero-order chi connectivity index (χ0) is 12.4. The lowest BCUT2D eigenvalue weighted by atomic mass is 10.2. The van der Waals surface area contributed by atoms with Gasteiger partial charge in [-0.1, -0.05) is 0 Å². The summed E-state index contributed by atoms with van der Waals surface area (Å²) in [5, 5.41) is 0.270. The van der Waals surface area contributed by atoms with Crippen LogP contribution in [0, 0.1) is 5.82 Å². The number of hydrogen-bond acceptors (Lipinski definition) is 3. The molecule has 17 heavy (non-hydrogen) atoms. The number of H-pyrrole nitrogens is 1. The van der Waals surface area contributed by atoms with E-state index in [1.54, 1.807) is 6.92 Å². The normalized spacial score (nSPS) is 10.5. The Hall–Kier alpha value is -2.04. The van der Waals surface area contributed by atoms with Crippen LogP contribution in [0.3, 0.4) is 0 Å². The van der Waals surface area contributed by atoms with E-state index in [-0.39, 0.29) is 28.0 Å². The third-order valence-electron chi connectivity index (χ3n) is 2.40. The molecule has 0 radical (unpaired) electrons. The van der Waals surface area contributed by atoms with Crippen LogP contribution in [0.15, 0.2) is 23.0 Å². The van der Waals surface area contributed by atoms with Crippen LogP contribution in [0.4, 0.5) is 4.39 Å². The highest BCUT2D eigenvalue weighted by molar-refractivity contribution is 5.81. The highest BCUT2D eigenvalue weighted by atomic mass is 19.1. The first-order valence-electron chi connectivity index (χ1n) is 5.19. The second kappa shape index (κ2) is 4.45. The van der Waals surface area contributed by atoms with E-state index in [1.807, 2.05) is 0 Å². The highest BCUT2D eigenvalue weighted by Gasteiger charge is 2.11. The van der Waals surface area contributed by atoms with Crippen LogP contribution in [0.1, 0.15) is 6.92 Å². The third-order valence-corrected chi connectivity index (χ3v) is 2.40. The number of fused-ring (bicyclic) bond motifs is 1. The smallest absolute Gasteiger partial charge is 0.195 e. The minimum Gasteiger partial charge on any atom is -0.494 e. The second-order valence-electron chi connectivity index (χ2n) is 3.44. The Morgan fingerprint density at radius 2 is 2.18 bits per heavy atom. The fourth-order valence-corrected chi connectivity index (χ4v) is 1.63. The summed E-state index contributed by atoms with van der Waals surface area (Å²) in [4.78, 5) is 14.5. The summed E-state index contributed by atoms with van der Waals surface area (Å²) < 4.78 is 23.9. The molecule has 0 aliphatic heterocycles. The zero-order valence-corrected chi connectivity index (χ0v) is 9.54. The Morgan fingerprint density at radius 1 is 1.41 bits per heavy atom. The molecule has 1 aromatic carbocycles. The van der Waals surface area contributed by atoms with Crippen molar-refractivity contribution in [3.05, 3.63) is 34.2 Å².